The van der Waals surface area contributed by atoms with Crippen LogP contribution in [0.3, 0.4) is 0 Å². The maximum atomic E-state index is 11.4. The Kier molecular flexibility index (Phi) is 6.20. The van der Waals surface area contributed by atoms with Crippen LogP contribution in [0.2, 0.25) is 0 Å². The molecule has 0 spiro atoms. The Hall–Kier alpha value is -3.65. The van der Waals surface area contributed by atoms with Gasteiger partial charge < -0.3 is 5.11 Å². The molecule has 166 valence electrons. The van der Waals surface area contributed by atoms with Gasteiger partial charge in [0, 0.05) is 28.2 Å². The van der Waals surface area contributed by atoms with E-state index >= 15 is 0 Å². The minimum absolute atomic E-state index is 0.244. The minimum atomic E-state index is -0.385. The van der Waals surface area contributed by atoms with E-state index in [2.05, 4.69) is 81.2 Å². The van der Waals surface area contributed by atoms with E-state index in [1.807, 2.05) is 54.6 Å². The molecule has 1 N–H and O–H groups in total. The summed E-state index contributed by atoms with van der Waals surface area (Å²) in [5, 5.41) is 11.4. The highest BCUT2D eigenvalue weighted by Gasteiger charge is 2.31. The standard InChI is InChI=1S/C31H31NO/c1-30(2,24-14-8-5-9-15-24)26-20-23(22-32-27-18-12-7-13-19-27)29(33)28(21-26)31(3,4)25-16-10-6-11-17-25/h5-22,33H,1-4H3. The summed E-state index contributed by atoms with van der Waals surface area (Å²) in [7, 11) is 0. The average Bonchev–Trinajstić information content (AvgIpc) is 2.85. The summed E-state index contributed by atoms with van der Waals surface area (Å²) >= 11 is 0. The molecule has 0 fully saturated rings. The Morgan fingerprint density at radius 1 is 0.606 bits per heavy atom. The summed E-state index contributed by atoms with van der Waals surface area (Å²) in [6, 6.07) is 34.9. The number of aliphatic imine (C=N–C) groups is 1. The highest BCUT2D eigenvalue weighted by molar-refractivity contribution is 5.87. The Morgan fingerprint density at radius 2 is 1.09 bits per heavy atom. The molecule has 0 amide bonds. The van der Waals surface area contributed by atoms with Crippen molar-refractivity contribution < 1.29 is 5.11 Å². The predicted molar refractivity (Wildman–Crippen MR) is 139 cm³/mol. The van der Waals surface area contributed by atoms with E-state index in [-0.39, 0.29) is 16.6 Å². The first-order valence-corrected chi connectivity index (χ1v) is 11.4. The number of hydrogen-bond donors (Lipinski definition) is 1. The van der Waals surface area contributed by atoms with Gasteiger partial charge in [-0.05, 0) is 34.9 Å². The lowest BCUT2D eigenvalue weighted by Gasteiger charge is -2.32. The molecule has 0 aliphatic carbocycles. The molecule has 4 aromatic rings. The maximum Gasteiger partial charge on any atom is 0.128 e. The van der Waals surface area contributed by atoms with Gasteiger partial charge in [-0.3, -0.25) is 4.99 Å². The molecule has 0 aromatic heterocycles. The molecule has 0 bridgehead atoms. The number of para-hydroxylation sites is 1. The van der Waals surface area contributed by atoms with E-state index in [4.69, 9.17) is 0 Å². The molecule has 4 rings (SSSR count). The lowest BCUT2D eigenvalue weighted by Crippen LogP contribution is -2.24. The number of phenolic OH excluding ortho intramolecular Hbond substituents is 1. The van der Waals surface area contributed by atoms with Gasteiger partial charge in [-0.2, -0.15) is 0 Å². The average molecular weight is 434 g/mol. The Morgan fingerprint density at radius 3 is 1.64 bits per heavy atom. The molecule has 0 aliphatic rings. The Bertz CT molecular complexity index is 1240. The molecule has 0 saturated carbocycles. The first kappa shape index (κ1) is 22.5. The van der Waals surface area contributed by atoms with Crippen LogP contribution >= 0.6 is 0 Å². The molecule has 0 radical (unpaired) electrons. The zero-order chi connectivity index (χ0) is 23.5. The second-order valence-corrected chi connectivity index (χ2v) is 9.54. The molecule has 0 unspecified atom stereocenters. The Labute approximate surface area is 197 Å². The SMILES string of the molecule is CC(C)(c1ccccc1)c1cc(C=Nc2ccccc2)c(O)c(C(C)(C)c2ccccc2)c1. The topological polar surface area (TPSA) is 32.6 Å². The first-order valence-electron chi connectivity index (χ1n) is 11.4. The normalized spacial score (nSPS) is 12.2. The summed E-state index contributed by atoms with van der Waals surface area (Å²) < 4.78 is 0. The van der Waals surface area contributed by atoms with Gasteiger partial charge >= 0.3 is 0 Å². The van der Waals surface area contributed by atoms with Gasteiger partial charge in [-0.1, -0.05) is 113 Å². The highest BCUT2D eigenvalue weighted by atomic mass is 16.3. The molecule has 4 aromatic carbocycles. The van der Waals surface area contributed by atoms with Crippen molar-refractivity contribution >= 4 is 11.9 Å². The third-order valence-electron chi connectivity index (χ3n) is 6.63. The van der Waals surface area contributed by atoms with Crippen molar-refractivity contribution in [2.75, 3.05) is 0 Å². The van der Waals surface area contributed by atoms with Gasteiger partial charge in [0.2, 0.25) is 0 Å². The molecule has 2 nitrogen and oxygen atoms in total. The van der Waals surface area contributed by atoms with Crippen LogP contribution < -0.4 is 0 Å². The quantitative estimate of drug-likeness (QED) is 0.309. The van der Waals surface area contributed by atoms with Crippen molar-refractivity contribution in [3.05, 3.63) is 131 Å². The third-order valence-corrected chi connectivity index (χ3v) is 6.63. The fourth-order valence-corrected chi connectivity index (χ4v) is 4.28. The van der Waals surface area contributed by atoms with Crippen molar-refractivity contribution in [2.45, 2.75) is 38.5 Å². The lowest BCUT2D eigenvalue weighted by atomic mass is 9.72. The zero-order valence-electron chi connectivity index (χ0n) is 19.8. The van der Waals surface area contributed by atoms with Crippen molar-refractivity contribution in [1.29, 1.82) is 0 Å². The van der Waals surface area contributed by atoms with Gasteiger partial charge in [0.05, 0.1) is 5.69 Å². The molecule has 33 heavy (non-hydrogen) atoms. The number of hydrogen-bond acceptors (Lipinski definition) is 2. The van der Waals surface area contributed by atoms with Gasteiger partial charge in [-0.15, -0.1) is 0 Å². The summed E-state index contributed by atoms with van der Waals surface area (Å²) in [5.74, 6) is 0.274. The highest BCUT2D eigenvalue weighted by Crippen LogP contribution is 2.42. The summed E-state index contributed by atoms with van der Waals surface area (Å²) in [4.78, 5) is 4.64. The van der Waals surface area contributed by atoms with Crippen LogP contribution in [-0.2, 0) is 10.8 Å². The van der Waals surface area contributed by atoms with E-state index in [1.54, 1.807) is 6.21 Å². The van der Waals surface area contributed by atoms with E-state index in [0.717, 1.165) is 27.9 Å². The number of rotatable bonds is 6. The van der Waals surface area contributed by atoms with Crippen molar-refractivity contribution in [2.24, 2.45) is 4.99 Å². The van der Waals surface area contributed by atoms with E-state index in [1.165, 1.54) is 5.56 Å². The molecule has 0 aliphatic heterocycles. The van der Waals surface area contributed by atoms with Crippen LogP contribution in [0.4, 0.5) is 5.69 Å². The molecular weight excluding hydrogens is 402 g/mol. The largest absolute Gasteiger partial charge is 0.507 e. The summed E-state index contributed by atoms with van der Waals surface area (Å²) in [5.41, 5.74) is 5.36. The molecule has 2 heteroatoms. The second kappa shape index (κ2) is 9.07. The van der Waals surface area contributed by atoms with E-state index in [9.17, 15) is 5.11 Å². The summed E-state index contributed by atoms with van der Waals surface area (Å²) in [6.45, 7) is 8.78. The van der Waals surface area contributed by atoms with E-state index in [0.29, 0.717) is 0 Å². The number of aromatic hydroxyl groups is 1. The van der Waals surface area contributed by atoms with Crippen LogP contribution in [0.25, 0.3) is 0 Å². The zero-order valence-corrected chi connectivity index (χ0v) is 19.8. The number of benzene rings is 4. The van der Waals surface area contributed by atoms with Crippen LogP contribution in [0.5, 0.6) is 5.75 Å². The van der Waals surface area contributed by atoms with Gasteiger partial charge in [0.15, 0.2) is 0 Å². The van der Waals surface area contributed by atoms with Crippen molar-refractivity contribution in [1.82, 2.24) is 0 Å². The Balaban J connectivity index is 1.91. The predicted octanol–water partition coefficient (Wildman–Crippen LogP) is 7.79. The van der Waals surface area contributed by atoms with Gasteiger partial charge in [-0.25, -0.2) is 0 Å². The van der Waals surface area contributed by atoms with Crippen LogP contribution in [0, 0.1) is 0 Å². The van der Waals surface area contributed by atoms with Gasteiger partial charge in [0.25, 0.3) is 0 Å². The van der Waals surface area contributed by atoms with Crippen LogP contribution in [0.1, 0.15) is 55.5 Å². The minimum Gasteiger partial charge on any atom is -0.507 e. The number of nitrogens with zero attached hydrogens (tertiary/aromatic N) is 1. The lowest BCUT2D eigenvalue weighted by molar-refractivity contribution is 0.451. The maximum absolute atomic E-state index is 11.4. The smallest absolute Gasteiger partial charge is 0.128 e. The fraction of sp³-hybridized carbons (Fsp3) is 0.194. The molecule has 0 saturated heterocycles. The third kappa shape index (κ3) is 4.61. The van der Waals surface area contributed by atoms with Gasteiger partial charge in [0.1, 0.15) is 5.75 Å². The van der Waals surface area contributed by atoms with Crippen LogP contribution in [0.15, 0.2) is 108 Å². The fourth-order valence-electron chi connectivity index (χ4n) is 4.28. The van der Waals surface area contributed by atoms with Crippen LogP contribution in [-0.4, -0.2) is 11.3 Å². The van der Waals surface area contributed by atoms with Crippen molar-refractivity contribution in [3.8, 4) is 5.75 Å². The second-order valence-electron chi connectivity index (χ2n) is 9.54. The van der Waals surface area contributed by atoms with Crippen molar-refractivity contribution in [3.63, 3.8) is 0 Å². The summed E-state index contributed by atoms with van der Waals surface area (Å²) in [6.07, 6.45) is 1.78. The molecule has 0 atom stereocenters. The van der Waals surface area contributed by atoms with E-state index < -0.39 is 0 Å². The molecule has 0 heterocycles. The monoisotopic (exact) mass is 433 g/mol. The first-order chi connectivity index (χ1) is 15.8. The number of phenols is 1. The molecular formula is C31H31NO.